The third-order valence-electron chi connectivity index (χ3n) is 3.15. The Balaban J connectivity index is 0.000000338. The number of azo groups is 2. The van der Waals surface area contributed by atoms with Gasteiger partial charge in [-0.1, -0.05) is 22.9 Å². The molecule has 0 amide bonds. The molecule has 2 aromatic rings. The SMILES string of the molecule is C[N+]1=NCC(c2cc(C=O)c3ccccc3n2)=C1.NNC(N)=S. The van der Waals surface area contributed by atoms with E-state index < -0.39 is 0 Å². The predicted molar refractivity (Wildman–Crippen MR) is 92.7 cm³/mol. The molecule has 5 N–H and O–H groups in total. The monoisotopic (exact) mass is 329 g/mol. The number of carbonyl (C=O) groups is 1. The van der Waals surface area contributed by atoms with Gasteiger partial charge in [-0.25, -0.2) is 10.8 Å². The number of rotatable bonds is 2. The fourth-order valence-electron chi connectivity index (χ4n) is 2.11. The highest BCUT2D eigenvalue weighted by Gasteiger charge is 2.16. The number of aromatic nitrogens is 1. The minimum Gasteiger partial charge on any atom is -0.375 e. The molecule has 8 heteroatoms. The van der Waals surface area contributed by atoms with Crippen LogP contribution in [-0.4, -0.2) is 34.7 Å². The summed E-state index contributed by atoms with van der Waals surface area (Å²) < 4.78 is 1.77. The van der Waals surface area contributed by atoms with Crippen LogP contribution in [0, 0.1) is 0 Å². The van der Waals surface area contributed by atoms with Gasteiger partial charge in [-0.3, -0.25) is 4.79 Å². The zero-order valence-electron chi connectivity index (χ0n) is 12.6. The van der Waals surface area contributed by atoms with Crippen molar-refractivity contribution < 1.29 is 9.49 Å². The number of benzene rings is 1. The van der Waals surface area contributed by atoms with E-state index in [9.17, 15) is 4.79 Å². The van der Waals surface area contributed by atoms with E-state index in [4.69, 9.17) is 5.73 Å². The van der Waals surface area contributed by atoms with Gasteiger partial charge in [0.05, 0.1) is 16.8 Å². The minimum absolute atomic E-state index is 0.116. The largest absolute Gasteiger partial charge is 0.375 e. The molecule has 23 heavy (non-hydrogen) atoms. The van der Waals surface area contributed by atoms with E-state index in [0.717, 1.165) is 28.5 Å². The van der Waals surface area contributed by atoms with E-state index in [1.54, 1.807) is 4.70 Å². The van der Waals surface area contributed by atoms with Crippen LogP contribution in [0.15, 0.2) is 41.6 Å². The van der Waals surface area contributed by atoms with Crippen molar-refractivity contribution in [2.45, 2.75) is 0 Å². The van der Waals surface area contributed by atoms with Crippen molar-refractivity contribution in [3.8, 4) is 0 Å². The van der Waals surface area contributed by atoms with Gasteiger partial charge in [-0.15, -0.1) is 0 Å². The lowest BCUT2D eigenvalue weighted by Crippen LogP contribution is -2.34. The van der Waals surface area contributed by atoms with Crippen molar-refractivity contribution in [3.63, 3.8) is 0 Å². The maximum absolute atomic E-state index is 11.2. The molecule has 0 spiro atoms. The average Bonchev–Trinajstić information content (AvgIpc) is 3.00. The number of hydrogen-bond acceptors (Lipinski definition) is 5. The molecule has 118 valence electrons. The van der Waals surface area contributed by atoms with Gasteiger partial charge in [0.15, 0.2) is 18.4 Å². The second-order valence-corrected chi connectivity index (χ2v) is 5.21. The summed E-state index contributed by atoms with van der Waals surface area (Å²) in [6.45, 7) is 0.611. The molecule has 0 aliphatic carbocycles. The van der Waals surface area contributed by atoms with Gasteiger partial charge < -0.3 is 11.2 Å². The molecular weight excluding hydrogens is 312 g/mol. The normalized spacial score (nSPS) is 12.8. The molecule has 3 rings (SSSR count). The number of hydrogen-bond donors (Lipinski definition) is 3. The maximum Gasteiger partial charge on any atom is 0.202 e. The number of carbonyl (C=O) groups excluding carboxylic acids is 1. The van der Waals surface area contributed by atoms with E-state index in [1.807, 2.05) is 49.0 Å². The quantitative estimate of drug-likeness (QED) is 0.251. The molecule has 2 heterocycles. The number of hydrazine groups is 1. The van der Waals surface area contributed by atoms with Crippen LogP contribution in [0.3, 0.4) is 0 Å². The molecule has 1 aliphatic heterocycles. The standard InChI is InChI=1S/C14H12N3O.CH5N3S/c1-17-8-11(7-15-17)14-6-10(9-18)12-4-2-3-5-13(12)16-14;2-1(5)4-3/h2-6,8-9H,7H2,1H3;3H2,(H3,2,4,5)/q+1;. The topological polar surface area (TPSA) is 109 Å². The summed E-state index contributed by atoms with van der Waals surface area (Å²) in [6, 6.07) is 9.50. The number of nitrogens with two attached hydrogens (primary N) is 2. The van der Waals surface area contributed by atoms with Crippen LogP contribution >= 0.6 is 12.2 Å². The van der Waals surface area contributed by atoms with E-state index in [0.29, 0.717) is 12.1 Å². The first-order chi connectivity index (χ1) is 11.0. The molecular formula is C15H17N6OS+. The molecule has 7 nitrogen and oxygen atoms in total. The molecule has 1 aliphatic rings. The van der Waals surface area contributed by atoms with E-state index >= 15 is 0 Å². The lowest BCUT2D eigenvalue weighted by Gasteiger charge is -2.04. The minimum atomic E-state index is 0.116. The van der Waals surface area contributed by atoms with Gasteiger partial charge in [-0.05, 0) is 29.5 Å². The summed E-state index contributed by atoms with van der Waals surface area (Å²) >= 11 is 4.24. The summed E-state index contributed by atoms with van der Waals surface area (Å²) in [7, 11) is 1.88. The molecule has 0 radical (unpaired) electrons. The Hall–Kier alpha value is -2.71. The number of thiocarbonyl (C=S) groups is 1. The van der Waals surface area contributed by atoms with Gasteiger partial charge in [-0.2, -0.15) is 0 Å². The van der Waals surface area contributed by atoms with Crippen molar-refractivity contribution in [2.24, 2.45) is 16.7 Å². The highest BCUT2D eigenvalue weighted by Crippen LogP contribution is 2.23. The van der Waals surface area contributed by atoms with Crippen LogP contribution in [0.2, 0.25) is 0 Å². The van der Waals surface area contributed by atoms with Crippen molar-refractivity contribution in [2.75, 3.05) is 13.6 Å². The lowest BCUT2D eigenvalue weighted by molar-refractivity contribution is -0.491. The van der Waals surface area contributed by atoms with Crippen LogP contribution in [0.1, 0.15) is 16.1 Å². The van der Waals surface area contributed by atoms with Gasteiger partial charge in [0.1, 0.15) is 6.54 Å². The van der Waals surface area contributed by atoms with E-state index in [-0.39, 0.29) is 5.11 Å². The average molecular weight is 329 g/mol. The second-order valence-electron chi connectivity index (χ2n) is 4.77. The predicted octanol–water partition coefficient (Wildman–Crippen LogP) is 1.19. The van der Waals surface area contributed by atoms with Crippen LogP contribution < -0.4 is 17.0 Å². The maximum atomic E-state index is 11.2. The molecule has 0 unspecified atom stereocenters. The summed E-state index contributed by atoms with van der Waals surface area (Å²) in [5, 5.41) is 5.25. The van der Waals surface area contributed by atoms with E-state index in [2.05, 4.69) is 28.2 Å². The zero-order valence-corrected chi connectivity index (χ0v) is 13.4. The Labute approximate surface area is 138 Å². The Kier molecular flexibility index (Phi) is 5.45. The molecule has 0 fully saturated rings. The lowest BCUT2D eigenvalue weighted by atomic mass is 10.1. The summed E-state index contributed by atoms with van der Waals surface area (Å²) in [5.74, 6) is 4.66. The molecule has 0 saturated heterocycles. The number of nitrogens with zero attached hydrogens (tertiary/aromatic N) is 3. The highest BCUT2D eigenvalue weighted by molar-refractivity contribution is 7.80. The molecule has 1 aromatic heterocycles. The molecule has 0 saturated carbocycles. The van der Waals surface area contributed by atoms with Gasteiger partial charge in [0, 0.05) is 10.9 Å². The number of fused-ring (bicyclic) bond motifs is 1. The fourth-order valence-corrected chi connectivity index (χ4v) is 2.11. The molecule has 0 atom stereocenters. The zero-order chi connectivity index (χ0) is 16.8. The number of aldehydes is 1. The first-order valence-corrected chi connectivity index (χ1v) is 7.18. The first kappa shape index (κ1) is 16.7. The summed E-state index contributed by atoms with van der Waals surface area (Å²) in [6.07, 6.45) is 2.82. The third kappa shape index (κ3) is 4.15. The Bertz CT molecular complexity index is 815. The number of para-hydroxylation sites is 1. The molecule has 0 bridgehead atoms. The molecule has 1 aromatic carbocycles. The van der Waals surface area contributed by atoms with Gasteiger partial charge >= 0.3 is 0 Å². The Morgan fingerprint density at radius 1 is 1.43 bits per heavy atom. The van der Waals surface area contributed by atoms with E-state index in [1.165, 1.54) is 0 Å². The van der Waals surface area contributed by atoms with Crippen molar-refractivity contribution in [1.82, 2.24) is 10.4 Å². The third-order valence-corrected chi connectivity index (χ3v) is 3.27. The van der Waals surface area contributed by atoms with Gasteiger partial charge in [0.25, 0.3) is 0 Å². The fraction of sp³-hybridized carbons (Fsp3) is 0.133. The number of pyridine rings is 1. The first-order valence-electron chi connectivity index (χ1n) is 6.77. The second kappa shape index (κ2) is 7.52. The van der Waals surface area contributed by atoms with Crippen LogP contribution in [0.4, 0.5) is 0 Å². The van der Waals surface area contributed by atoms with Crippen molar-refractivity contribution >= 4 is 40.1 Å². The Morgan fingerprint density at radius 3 is 2.70 bits per heavy atom. The smallest absolute Gasteiger partial charge is 0.202 e. The Morgan fingerprint density at radius 2 is 2.13 bits per heavy atom. The van der Waals surface area contributed by atoms with Crippen molar-refractivity contribution in [3.05, 3.63) is 47.8 Å². The van der Waals surface area contributed by atoms with Crippen molar-refractivity contribution in [1.29, 1.82) is 0 Å². The summed E-state index contributed by atoms with van der Waals surface area (Å²) in [5.41, 5.74) is 10.2. The van der Waals surface area contributed by atoms with Crippen LogP contribution in [0.25, 0.3) is 16.5 Å². The van der Waals surface area contributed by atoms with Crippen LogP contribution in [-0.2, 0) is 0 Å². The highest BCUT2D eigenvalue weighted by atomic mass is 32.1. The summed E-state index contributed by atoms with van der Waals surface area (Å²) in [4.78, 5) is 15.8. The van der Waals surface area contributed by atoms with Crippen LogP contribution in [0.5, 0.6) is 0 Å². The number of nitrogens with one attached hydrogen (secondary N) is 1. The van der Waals surface area contributed by atoms with Gasteiger partial charge in [0.2, 0.25) is 6.20 Å².